The molecule has 3 heterocycles. The predicted molar refractivity (Wildman–Crippen MR) is 103 cm³/mol. The maximum atomic E-state index is 13.3. The molecule has 1 fully saturated rings. The minimum absolute atomic E-state index is 0.0620. The van der Waals surface area contributed by atoms with Crippen LogP contribution in [-0.2, 0) is 4.74 Å². The quantitative estimate of drug-likeness (QED) is 0.816. The molecule has 3 rings (SSSR count). The molecule has 26 heavy (non-hydrogen) atoms. The van der Waals surface area contributed by atoms with Gasteiger partial charge in [-0.3, -0.25) is 4.79 Å². The van der Waals surface area contributed by atoms with Crippen molar-refractivity contribution >= 4 is 16.9 Å². The Morgan fingerprint density at radius 3 is 2.77 bits per heavy atom. The second-order valence-corrected chi connectivity index (χ2v) is 7.64. The van der Waals surface area contributed by atoms with E-state index < -0.39 is 0 Å². The molecule has 0 spiro atoms. The van der Waals surface area contributed by atoms with Crippen molar-refractivity contribution in [3.05, 3.63) is 23.5 Å². The molecule has 1 aliphatic rings. The standard InChI is InChI=1S/C20H30N4O2/c1-6-26-15-8-7-9-23(12-15)20(25)16-10-18(13(2)3)22-19-17(16)11-21-24(19)14(4)5/h10-11,13-15H,6-9,12H2,1-5H3. The lowest BCUT2D eigenvalue weighted by Gasteiger charge is -2.32. The van der Waals surface area contributed by atoms with Gasteiger partial charge in [-0.25, -0.2) is 9.67 Å². The molecular weight excluding hydrogens is 328 g/mol. The van der Waals surface area contributed by atoms with Crippen LogP contribution in [0.3, 0.4) is 0 Å². The maximum Gasteiger partial charge on any atom is 0.254 e. The first-order chi connectivity index (χ1) is 12.4. The molecule has 2 aromatic rings. The van der Waals surface area contributed by atoms with Gasteiger partial charge in [-0.05, 0) is 45.6 Å². The molecule has 0 aromatic carbocycles. The van der Waals surface area contributed by atoms with Crippen LogP contribution in [0.25, 0.3) is 11.0 Å². The van der Waals surface area contributed by atoms with Crippen LogP contribution in [-0.4, -0.2) is 51.4 Å². The van der Waals surface area contributed by atoms with E-state index in [2.05, 4.69) is 32.8 Å². The molecule has 0 bridgehead atoms. The lowest BCUT2D eigenvalue weighted by Crippen LogP contribution is -2.43. The third-order valence-corrected chi connectivity index (χ3v) is 4.97. The fraction of sp³-hybridized carbons (Fsp3) is 0.650. The molecular formula is C20H30N4O2. The summed E-state index contributed by atoms with van der Waals surface area (Å²) in [6.07, 6.45) is 3.92. The predicted octanol–water partition coefficient (Wildman–Crippen LogP) is 3.78. The highest BCUT2D eigenvalue weighted by Gasteiger charge is 2.27. The number of hydrogen-bond donors (Lipinski definition) is 0. The third kappa shape index (κ3) is 3.61. The van der Waals surface area contributed by atoms with Gasteiger partial charge in [-0.2, -0.15) is 5.10 Å². The third-order valence-electron chi connectivity index (χ3n) is 4.97. The van der Waals surface area contributed by atoms with Crippen LogP contribution in [0.1, 0.15) is 75.5 Å². The van der Waals surface area contributed by atoms with Gasteiger partial charge >= 0.3 is 0 Å². The van der Waals surface area contributed by atoms with Crippen LogP contribution in [0.4, 0.5) is 0 Å². The zero-order valence-corrected chi connectivity index (χ0v) is 16.5. The minimum Gasteiger partial charge on any atom is -0.377 e. The van der Waals surface area contributed by atoms with E-state index in [1.807, 2.05) is 22.6 Å². The summed E-state index contributed by atoms with van der Waals surface area (Å²) in [5.74, 6) is 0.311. The topological polar surface area (TPSA) is 60.2 Å². The summed E-state index contributed by atoms with van der Waals surface area (Å²) in [5, 5.41) is 5.33. The number of hydrogen-bond acceptors (Lipinski definition) is 4. The fourth-order valence-electron chi connectivity index (χ4n) is 3.55. The zero-order chi connectivity index (χ0) is 18.8. The first-order valence-corrected chi connectivity index (χ1v) is 9.71. The Balaban J connectivity index is 2.01. The van der Waals surface area contributed by atoms with Crippen molar-refractivity contribution < 1.29 is 9.53 Å². The summed E-state index contributed by atoms with van der Waals surface area (Å²) in [7, 11) is 0. The maximum absolute atomic E-state index is 13.3. The Labute approximate surface area is 155 Å². The first kappa shape index (κ1) is 18.8. The summed E-state index contributed by atoms with van der Waals surface area (Å²) in [4.78, 5) is 20.0. The van der Waals surface area contributed by atoms with Crippen LogP contribution in [0.5, 0.6) is 0 Å². The molecule has 1 atom stereocenters. The van der Waals surface area contributed by atoms with Crippen molar-refractivity contribution in [1.82, 2.24) is 19.7 Å². The van der Waals surface area contributed by atoms with Gasteiger partial charge in [0, 0.05) is 31.4 Å². The lowest BCUT2D eigenvalue weighted by molar-refractivity contribution is 0.00731. The van der Waals surface area contributed by atoms with Crippen LogP contribution >= 0.6 is 0 Å². The number of carbonyl (C=O) groups is 1. The van der Waals surface area contributed by atoms with Crippen LogP contribution in [0.2, 0.25) is 0 Å². The van der Waals surface area contributed by atoms with Crippen molar-refractivity contribution in [2.24, 2.45) is 0 Å². The van der Waals surface area contributed by atoms with Crippen LogP contribution in [0, 0.1) is 0 Å². The molecule has 1 saturated heterocycles. The Bertz CT molecular complexity index is 779. The van der Waals surface area contributed by atoms with Gasteiger partial charge in [0.15, 0.2) is 5.65 Å². The molecule has 2 aromatic heterocycles. The van der Waals surface area contributed by atoms with Gasteiger partial charge in [-0.1, -0.05) is 13.8 Å². The molecule has 0 radical (unpaired) electrons. The second-order valence-electron chi connectivity index (χ2n) is 7.64. The number of rotatable bonds is 5. The molecule has 1 amide bonds. The summed E-state index contributed by atoms with van der Waals surface area (Å²) in [6, 6.07) is 2.15. The Hall–Kier alpha value is -1.95. The fourth-order valence-corrected chi connectivity index (χ4v) is 3.55. The first-order valence-electron chi connectivity index (χ1n) is 9.71. The average molecular weight is 358 g/mol. The molecule has 0 N–H and O–H groups in total. The van der Waals surface area contributed by atoms with Gasteiger partial charge in [-0.15, -0.1) is 0 Å². The summed E-state index contributed by atoms with van der Waals surface area (Å²) in [6.45, 7) is 12.5. The van der Waals surface area contributed by atoms with Crippen molar-refractivity contribution in [3.63, 3.8) is 0 Å². The zero-order valence-electron chi connectivity index (χ0n) is 16.5. The van der Waals surface area contributed by atoms with Crippen molar-refractivity contribution in [2.75, 3.05) is 19.7 Å². The summed E-state index contributed by atoms with van der Waals surface area (Å²) in [5.41, 5.74) is 2.44. The highest BCUT2D eigenvalue weighted by atomic mass is 16.5. The number of piperidine rings is 1. The number of likely N-dealkylation sites (tertiary alicyclic amines) is 1. The van der Waals surface area contributed by atoms with E-state index in [0.29, 0.717) is 18.7 Å². The van der Waals surface area contributed by atoms with Gasteiger partial charge < -0.3 is 9.64 Å². The monoisotopic (exact) mass is 358 g/mol. The van der Waals surface area contributed by atoms with Gasteiger partial charge in [0.05, 0.1) is 23.3 Å². The number of carbonyl (C=O) groups excluding carboxylic acids is 1. The van der Waals surface area contributed by atoms with E-state index in [1.165, 1.54) is 0 Å². The number of ether oxygens (including phenoxy) is 1. The average Bonchev–Trinajstić information content (AvgIpc) is 3.05. The smallest absolute Gasteiger partial charge is 0.254 e. The van der Waals surface area contributed by atoms with E-state index >= 15 is 0 Å². The SMILES string of the molecule is CCOC1CCCN(C(=O)c2cc(C(C)C)nc3c2cnn3C(C)C)C1. The molecule has 1 unspecified atom stereocenters. The largest absolute Gasteiger partial charge is 0.377 e. The second kappa shape index (κ2) is 7.74. The summed E-state index contributed by atoms with van der Waals surface area (Å²) >= 11 is 0. The van der Waals surface area contributed by atoms with E-state index in [9.17, 15) is 4.79 Å². The highest BCUT2D eigenvalue weighted by Crippen LogP contribution is 2.26. The molecule has 0 saturated carbocycles. The number of aromatic nitrogens is 3. The number of amides is 1. The number of fused-ring (bicyclic) bond motifs is 1. The van der Waals surface area contributed by atoms with Crippen molar-refractivity contribution in [2.45, 2.75) is 65.5 Å². The molecule has 6 nitrogen and oxygen atoms in total. The Kier molecular flexibility index (Phi) is 5.61. The van der Waals surface area contributed by atoms with E-state index in [-0.39, 0.29) is 24.0 Å². The van der Waals surface area contributed by atoms with Crippen LogP contribution < -0.4 is 0 Å². The lowest BCUT2D eigenvalue weighted by atomic mass is 10.0. The number of pyridine rings is 1. The number of nitrogens with zero attached hydrogens (tertiary/aromatic N) is 4. The van der Waals surface area contributed by atoms with Crippen molar-refractivity contribution in [1.29, 1.82) is 0 Å². The summed E-state index contributed by atoms with van der Waals surface area (Å²) < 4.78 is 7.66. The van der Waals surface area contributed by atoms with Crippen LogP contribution in [0.15, 0.2) is 12.3 Å². The highest BCUT2D eigenvalue weighted by molar-refractivity contribution is 6.05. The Morgan fingerprint density at radius 2 is 2.12 bits per heavy atom. The molecule has 0 aliphatic carbocycles. The van der Waals surface area contributed by atoms with E-state index in [0.717, 1.165) is 36.1 Å². The molecule has 142 valence electrons. The van der Waals surface area contributed by atoms with Gasteiger partial charge in [0.2, 0.25) is 0 Å². The molecule has 1 aliphatic heterocycles. The van der Waals surface area contributed by atoms with Crippen molar-refractivity contribution in [3.8, 4) is 0 Å². The van der Waals surface area contributed by atoms with E-state index in [4.69, 9.17) is 9.72 Å². The van der Waals surface area contributed by atoms with Gasteiger partial charge in [0.25, 0.3) is 5.91 Å². The Morgan fingerprint density at radius 1 is 1.35 bits per heavy atom. The van der Waals surface area contributed by atoms with Gasteiger partial charge in [0.1, 0.15) is 0 Å². The molecule has 6 heteroatoms. The normalized spacial score (nSPS) is 18.3. The minimum atomic E-state index is 0.0620. The van der Waals surface area contributed by atoms with E-state index in [1.54, 1.807) is 6.20 Å².